The molecule has 1 aromatic heterocycles. The Morgan fingerprint density at radius 1 is 1.69 bits per heavy atom. The monoisotopic (exact) mass is 222 g/mol. The Morgan fingerprint density at radius 2 is 2.50 bits per heavy atom. The average Bonchev–Trinajstić information content (AvgIpc) is 2.76. The van der Waals surface area contributed by atoms with Crippen molar-refractivity contribution in [3.05, 3.63) is 23.7 Å². The second-order valence-corrected chi connectivity index (χ2v) is 4.26. The molecule has 1 atom stereocenters. The summed E-state index contributed by atoms with van der Waals surface area (Å²) in [5.74, 6) is 0.824. The standard InChI is InChI=1S/C12H18N2O2/c1-2-11-10(5-7-16-11)12(15)14-6-3-4-9(13)8-14/h5,7,9H,2-4,6,8,13H2,1H3. The molecular weight excluding hydrogens is 204 g/mol. The average molecular weight is 222 g/mol. The first-order chi connectivity index (χ1) is 7.72. The molecule has 2 heterocycles. The molecule has 2 rings (SSSR count). The Labute approximate surface area is 95.4 Å². The summed E-state index contributed by atoms with van der Waals surface area (Å²) in [5, 5.41) is 0. The second kappa shape index (κ2) is 4.70. The maximum Gasteiger partial charge on any atom is 0.257 e. The minimum Gasteiger partial charge on any atom is -0.469 e. The Hall–Kier alpha value is -1.29. The topological polar surface area (TPSA) is 59.5 Å². The van der Waals surface area contributed by atoms with Gasteiger partial charge in [0, 0.05) is 25.6 Å². The van der Waals surface area contributed by atoms with Gasteiger partial charge in [-0.1, -0.05) is 6.92 Å². The first-order valence-corrected chi connectivity index (χ1v) is 5.83. The summed E-state index contributed by atoms with van der Waals surface area (Å²) in [7, 11) is 0. The molecule has 1 amide bonds. The summed E-state index contributed by atoms with van der Waals surface area (Å²) < 4.78 is 5.27. The van der Waals surface area contributed by atoms with Crippen LogP contribution in [0.15, 0.2) is 16.7 Å². The van der Waals surface area contributed by atoms with Crippen molar-refractivity contribution in [3.8, 4) is 0 Å². The van der Waals surface area contributed by atoms with Crippen molar-refractivity contribution in [1.29, 1.82) is 0 Å². The van der Waals surface area contributed by atoms with Crippen molar-refractivity contribution in [3.63, 3.8) is 0 Å². The highest BCUT2D eigenvalue weighted by molar-refractivity contribution is 5.95. The van der Waals surface area contributed by atoms with E-state index < -0.39 is 0 Å². The van der Waals surface area contributed by atoms with E-state index in [1.807, 2.05) is 11.8 Å². The smallest absolute Gasteiger partial charge is 0.257 e. The molecule has 16 heavy (non-hydrogen) atoms. The van der Waals surface area contributed by atoms with Crippen LogP contribution in [0.1, 0.15) is 35.9 Å². The minimum absolute atomic E-state index is 0.0563. The van der Waals surface area contributed by atoms with Crippen LogP contribution in [-0.2, 0) is 6.42 Å². The third-order valence-electron chi connectivity index (χ3n) is 3.04. The Balaban J connectivity index is 2.12. The summed E-state index contributed by atoms with van der Waals surface area (Å²) in [6.45, 7) is 3.45. The van der Waals surface area contributed by atoms with Crippen molar-refractivity contribution in [1.82, 2.24) is 4.90 Å². The van der Waals surface area contributed by atoms with Crippen molar-refractivity contribution in [2.24, 2.45) is 5.73 Å². The van der Waals surface area contributed by atoms with Crippen LogP contribution in [0.2, 0.25) is 0 Å². The molecule has 0 aliphatic carbocycles. The van der Waals surface area contributed by atoms with Gasteiger partial charge in [-0.3, -0.25) is 4.79 Å². The highest BCUT2D eigenvalue weighted by Crippen LogP contribution is 2.17. The van der Waals surface area contributed by atoms with E-state index in [1.54, 1.807) is 12.3 Å². The fourth-order valence-corrected chi connectivity index (χ4v) is 2.17. The van der Waals surface area contributed by atoms with E-state index in [9.17, 15) is 4.79 Å². The third kappa shape index (κ3) is 2.11. The van der Waals surface area contributed by atoms with E-state index in [0.29, 0.717) is 12.1 Å². The number of hydrogen-bond donors (Lipinski definition) is 1. The lowest BCUT2D eigenvalue weighted by atomic mass is 10.1. The van der Waals surface area contributed by atoms with Crippen molar-refractivity contribution in [2.75, 3.05) is 13.1 Å². The fourth-order valence-electron chi connectivity index (χ4n) is 2.17. The van der Waals surface area contributed by atoms with Crippen LogP contribution in [0.25, 0.3) is 0 Å². The Morgan fingerprint density at radius 3 is 3.19 bits per heavy atom. The molecule has 0 bridgehead atoms. The van der Waals surface area contributed by atoms with E-state index in [-0.39, 0.29) is 11.9 Å². The first-order valence-electron chi connectivity index (χ1n) is 5.83. The van der Waals surface area contributed by atoms with Gasteiger partial charge in [0.25, 0.3) is 5.91 Å². The van der Waals surface area contributed by atoms with Crippen molar-refractivity contribution < 1.29 is 9.21 Å². The van der Waals surface area contributed by atoms with E-state index in [2.05, 4.69) is 0 Å². The number of piperidine rings is 1. The van der Waals surface area contributed by atoms with E-state index in [4.69, 9.17) is 10.2 Å². The van der Waals surface area contributed by atoms with Gasteiger partial charge >= 0.3 is 0 Å². The number of carbonyl (C=O) groups excluding carboxylic acids is 1. The summed E-state index contributed by atoms with van der Waals surface area (Å²) in [5.41, 5.74) is 6.56. The largest absolute Gasteiger partial charge is 0.469 e. The molecule has 0 spiro atoms. The number of hydrogen-bond acceptors (Lipinski definition) is 3. The molecule has 0 aromatic carbocycles. The first kappa shape index (κ1) is 11.2. The summed E-state index contributed by atoms with van der Waals surface area (Å²) in [6, 6.07) is 1.87. The van der Waals surface area contributed by atoms with Crippen LogP contribution in [0.4, 0.5) is 0 Å². The highest BCUT2D eigenvalue weighted by atomic mass is 16.3. The summed E-state index contributed by atoms with van der Waals surface area (Å²) in [4.78, 5) is 14.0. The van der Waals surface area contributed by atoms with Gasteiger partial charge in [0.1, 0.15) is 5.76 Å². The molecule has 1 unspecified atom stereocenters. The lowest BCUT2D eigenvalue weighted by Gasteiger charge is -2.30. The molecule has 0 saturated carbocycles. The summed E-state index contributed by atoms with van der Waals surface area (Å²) >= 11 is 0. The predicted octanol–water partition coefficient (Wildman–Crippen LogP) is 1.41. The molecule has 88 valence electrons. The number of aryl methyl sites for hydroxylation is 1. The minimum atomic E-state index is 0.0563. The molecular formula is C12H18N2O2. The van der Waals surface area contributed by atoms with Crippen LogP contribution < -0.4 is 5.73 Å². The maximum atomic E-state index is 12.2. The molecule has 0 radical (unpaired) electrons. The van der Waals surface area contributed by atoms with E-state index >= 15 is 0 Å². The van der Waals surface area contributed by atoms with Gasteiger partial charge in [-0.2, -0.15) is 0 Å². The van der Waals surface area contributed by atoms with Crippen LogP contribution >= 0.6 is 0 Å². The summed E-state index contributed by atoms with van der Waals surface area (Å²) in [6.07, 6.45) is 4.33. The SMILES string of the molecule is CCc1occc1C(=O)N1CCCC(N)C1. The maximum absolute atomic E-state index is 12.2. The van der Waals surface area contributed by atoms with E-state index in [0.717, 1.165) is 31.6 Å². The fraction of sp³-hybridized carbons (Fsp3) is 0.583. The van der Waals surface area contributed by atoms with Gasteiger partial charge in [-0.15, -0.1) is 0 Å². The van der Waals surface area contributed by atoms with Crippen molar-refractivity contribution >= 4 is 5.91 Å². The lowest BCUT2D eigenvalue weighted by molar-refractivity contribution is 0.0706. The lowest BCUT2D eigenvalue weighted by Crippen LogP contribution is -2.45. The molecule has 4 heteroatoms. The molecule has 1 aromatic rings. The predicted molar refractivity (Wildman–Crippen MR) is 61.2 cm³/mol. The molecule has 4 nitrogen and oxygen atoms in total. The van der Waals surface area contributed by atoms with Crippen LogP contribution in [-0.4, -0.2) is 29.9 Å². The van der Waals surface area contributed by atoms with Gasteiger partial charge in [0.2, 0.25) is 0 Å². The number of rotatable bonds is 2. The van der Waals surface area contributed by atoms with Gasteiger partial charge in [0.05, 0.1) is 11.8 Å². The number of furan rings is 1. The number of likely N-dealkylation sites (tertiary alicyclic amines) is 1. The van der Waals surface area contributed by atoms with E-state index in [1.165, 1.54) is 0 Å². The molecule has 1 saturated heterocycles. The van der Waals surface area contributed by atoms with Gasteiger partial charge in [-0.25, -0.2) is 0 Å². The van der Waals surface area contributed by atoms with Crippen molar-refractivity contribution in [2.45, 2.75) is 32.2 Å². The van der Waals surface area contributed by atoms with Crippen LogP contribution in [0.3, 0.4) is 0 Å². The zero-order chi connectivity index (χ0) is 11.5. The van der Waals surface area contributed by atoms with Gasteiger partial charge < -0.3 is 15.1 Å². The quantitative estimate of drug-likeness (QED) is 0.823. The molecule has 1 aliphatic heterocycles. The Kier molecular flexibility index (Phi) is 3.29. The number of amides is 1. The van der Waals surface area contributed by atoms with Crippen LogP contribution in [0.5, 0.6) is 0 Å². The van der Waals surface area contributed by atoms with Crippen LogP contribution in [0, 0.1) is 0 Å². The van der Waals surface area contributed by atoms with Gasteiger partial charge in [-0.05, 0) is 18.9 Å². The highest BCUT2D eigenvalue weighted by Gasteiger charge is 2.24. The zero-order valence-electron chi connectivity index (χ0n) is 9.61. The third-order valence-corrected chi connectivity index (χ3v) is 3.04. The van der Waals surface area contributed by atoms with Gasteiger partial charge in [0.15, 0.2) is 0 Å². The molecule has 2 N–H and O–H groups in total. The Bertz CT molecular complexity index is 373. The zero-order valence-corrected chi connectivity index (χ0v) is 9.61. The number of nitrogens with zero attached hydrogens (tertiary/aromatic N) is 1. The number of nitrogens with two attached hydrogens (primary N) is 1. The normalized spacial score (nSPS) is 21.1. The number of carbonyl (C=O) groups is 1. The molecule has 1 fully saturated rings. The second-order valence-electron chi connectivity index (χ2n) is 4.26. The molecule has 1 aliphatic rings.